The Kier molecular flexibility index (Phi) is 7.84. The third-order valence-electron chi connectivity index (χ3n) is 3.42. The van der Waals surface area contributed by atoms with Crippen LogP contribution in [-0.4, -0.2) is 17.6 Å². The summed E-state index contributed by atoms with van der Waals surface area (Å²) in [6.07, 6.45) is 0. The van der Waals surface area contributed by atoms with Gasteiger partial charge in [-0.3, -0.25) is 0 Å². The lowest BCUT2D eigenvalue weighted by Crippen LogP contribution is -2.14. The molecule has 3 atom stereocenters. The van der Waals surface area contributed by atoms with Gasteiger partial charge in [0.15, 0.2) is 0 Å². The van der Waals surface area contributed by atoms with Gasteiger partial charge >= 0.3 is 5.97 Å². The number of benzene rings is 1. The predicted molar refractivity (Wildman–Crippen MR) is 93.1 cm³/mol. The molecule has 0 saturated carbocycles. The number of alkyl halides is 1. The van der Waals surface area contributed by atoms with Crippen molar-refractivity contribution in [2.24, 2.45) is 22.1 Å². The third kappa shape index (κ3) is 4.77. The zero-order valence-electron chi connectivity index (χ0n) is 13.2. The number of hydrogen-bond donors (Lipinski definition) is 1. The van der Waals surface area contributed by atoms with Crippen molar-refractivity contribution in [2.75, 3.05) is 6.54 Å². The molecule has 126 valence electrons. The molecule has 0 fully saturated rings. The van der Waals surface area contributed by atoms with Crippen molar-refractivity contribution < 1.29 is 9.90 Å². The summed E-state index contributed by atoms with van der Waals surface area (Å²) >= 11 is 9.49. The molecule has 1 rings (SSSR count). The lowest BCUT2D eigenvalue weighted by atomic mass is 9.89. The van der Waals surface area contributed by atoms with Crippen molar-refractivity contribution in [3.8, 4) is 12.1 Å². The van der Waals surface area contributed by atoms with Crippen LogP contribution in [0.3, 0.4) is 0 Å². The van der Waals surface area contributed by atoms with E-state index in [1.807, 2.05) is 6.07 Å². The molecule has 0 bridgehead atoms. The average molecular weight is 412 g/mol. The van der Waals surface area contributed by atoms with Crippen LogP contribution in [0.4, 0.5) is 0 Å². The molecule has 0 aliphatic rings. The molecule has 0 aromatic heterocycles. The molecular formula is C16H16BrClN4O2. The number of azo groups is 1. The molecule has 0 saturated heterocycles. The van der Waals surface area contributed by atoms with Gasteiger partial charge in [0.2, 0.25) is 0 Å². The molecular weight excluding hydrogens is 396 g/mol. The van der Waals surface area contributed by atoms with Crippen LogP contribution in [0.1, 0.15) is 41.4 Å². The molecule has 0 spiro atoms. The number of rotatable bonds is 7. The van der Waals surface area contributed by atoms with E-state index in [2.05, 4.69) is 32.2 Å². The van der Waals surface area contributed by atoms with Crippen molar-refractivity contribution in [1.82, 2.24) is 0 Å². The quantitative estimate of drug-likeness (QED) is 0.515. The molecule has 1 aromatic rings. The summed E-state index contributed by atoms with van der Waals surface area (Å²) in [4.78, 5) is 11.6. The Morgan fingerprint density at radius 3 is 2.54 bits per heavy atom. The second-order valence-electron chi connectivity index (χ2n) is 5.26. The van der Waals surface area contributed by atoms with Gasteiger partial charge in [-0.15, -0.1) is 0 Å². The monoisotopic (exact) mass is 410 g/mol. The molecule has 0 aliphatic carbocycles. The number of carbonyl (C=O) groups is 1. The highest BCUT2D eigenvalue weighted by Crippen LogP contribution is 2.36. The first kappa shape index (κ1) is 20.1. The van der Waals surface area contributed by atoms with Gasteiger partial charge in [0.1, 0.15) is 6.04 Å². The Bertz CT molecular complexity index is 724. The Labute approximate surface area is 153 Å². The van der Waals surface area contributed by atoms with Crippen molar-refractivity contribution in [2.45, 2.75) is 25.2 Å². The van der Waals surface area contributed by atoms with Crippen LogP contribution in [0.15, 0.2) is 22.4 Å². The minimum absolute atomic E-state index is 0.0354. The molecule has 0 aliphatic heterocycles. The first-order valence-corrected chi connectivity index (χ1v) is 8.63. The smallest absolute Gasteiger partial charge is 0.336 e. The summed E-state index contributed by atoms with van der Waals surface area (Å²) in [6, 6.07) is 6.25. The number of nitriles is 2. The number of carboxylic acid groups (broad SMARTS) is 1. The lowest BCUT2D eigenvalue weighted by molar-refractivity contribution is 0.0694. The SMILES string of the molecule is CC(C#N)CN=NC(c1c(C(=O)O)ccc(Cl)c1CBr)C(C)C#N. The minimum Gasteiger partial charge on any atom is -0.478 e. The molecule has 24 heavy (non-hydrogen) atoms. The summed E-state index contributed by atoms with van der Waals surface area (Å²) in [5, 5.41) is 36.4. The molecule has 0 heterocycles. The predicted octanol–water partition coefficient (Wildman–Crippen LogP) is 4.75. The van der Waals surface area contributed by atoms with E-state index in [9.17, 15) is 15.2 Å². The van der Waals surface area contributed by atoms with Gasteiger partial charge in [-0.1, -0.05) is 27.5 Å². The fourth-order valence-corrected chi connectivity index (χ4v) is 3.07. The second kappa shape index (κ2) is 9.36. The van der Waals surface area contributed by atoms with E-state index < -0.39 is 17.9 Å². The van der Waals surface area contributed by atoms with Crippen LogP contribution in [0.25, 0.3) is 0 Å². The molecule has 0 radical (unpaired) electrons. The minimum atomic E-state index is -1.13. The third-order valence-corrected chi connectivity index (χ3v) is 4.33. The Morgan fingerprint density at radius 2 is 2.04 bits per heavy atom. The van der Waals surface area contributed by atoms with Crippen molar-refractivity contribution in [1.29, 1.82) is 10.5 Å². The van der Waals surface area contributed by atoms with Crippen LogP contribution >= 0.6 is 27.5 Å². The fraction of sp³-hybridized carbons (Fsp3) is 0.438. The standard InChI is InChI=1S/C16H16BrClN4O2/c1-9(6-19)8-21-22-15(10(2)7-20)14-11(16(23)24)3-4-13(18)12(14)5-17/h3-4,9-10,15H,5,8H2,1-2H3,(H,23,24). The summed E-state index contributed by atoms with van der Waals surface area (Å²) in [5.74, 6) is -2.05. The maximum Gasteiger partial charge on any atom is 0.336 e. The topological polar surface area (TPSA) is 110 Å². The zero-order valence-corrected chi connectivity index (χ0v) is 15.5. The molecule has 8 heteroatoms. The summed E-state index contributed by atoms with van der Waals surface area (Å²) < 4.78 is 0. The Morgan fingerprint density at radius 1 is 1.38 bits per heavy atom. The van der Waals surface area contributed by atoms with Gasteiger partial charge < -0.3 is 5.11 Å². The van der Waals surface area contributed by atoms with Gasteiger partial charge in [-0.2, -0.15) is 20.8 Å². The number of halogens is 2. The summed E-state index contributed by atoms with van der Waals surface area (Å²) in [6.45, 7) is 3.52. The summed E-state index contributed by atoms with van der Waals surface area (Å²) in [7, 11) is 0. The van der Waals surface area contributed by atoms with Crippen molar-refractivity contribution >= 4 is 33.5 Å². The number of nitrogens with zero attached hydrogens (tertiary/aromatic N) is 4. The highest BCUT2D eigenvalue weighted by atomic mass is 79.9. The van der Waals surface area contributed by atoms with Crippen molar-refractivity contribution in [3.05, 3.63) is 33.8 Å². The van der Waals surface area contributed by atoms with E-state index in [4.69, 9.17) is 16.9 Å². The maximum atomic E-state index is 11.6. The van der Waals surface area contributed by atoms with E-state index in [0.29, 0.717) is 21.5 Å². The van der Waals surface area contributed by atoms with E-state index in [1.165, 1.54) is 12.1 Å². The van der Waals surface area contributed by atoms with Gasteiger partial charge in [0, 0.05) is 10.4 Å². The summed E-state index contributed by atoms with van der Waals surface area (Å²) in [5.41, 5.74) is 0.971. The lowest BCUT2D eigenvalue weighted by Gasteiger charge is -2.20. The average Bonchev–Trinajstić information content (AvgIpc) is 2.57. The Balaban J connectivity index is 3.48. The molecule has 1 N–H and O–H groups in total. The van der Waals surface area contributed by atoms with Crippen LogP contribution in [-0.2, 0) is 5.33 Å². The molecule has 6 nitrogen and oxygen atoms in total. The van der Waals surface area contributed by atoms with E-state index in [0.717, 1.165) is 0 Å². The zero-order chi connectivity index (χ0) is 18.3. The van der Waals surface area contributed by atoms with Crippen molar-refractivity contribution in [3.63, 3.8) is 0 Å². The van der Waals surface area contributed by atoms with E-state index in [1.54, 1.807) is 13.8 Å². The highest BCUT2D eigenvalue weighted by molar-refractivity contribution is 9.08. The van der Waals surface area contributed by atoms with Crippen LogP contribution in [0.2, 0.25) is 5.02 Å². The van der Waals surface area contributed by atoms with Crippen LogP contribution in [0.5, 0.6) is 0 Å². The number of aromatic carboxylic acids is 1. The van der Waals surface area contributed by atoms with Gasteiger partial charge in [0.05, 0.1) is 36.1 Å². The highest BCUT2D eigenvalue weighted by Gasteiger charge is 2.28. The first-order valence-electron chi connectivity index (χ1n) is 7.13. The number of carboxylic acids is 1. The van der Waals surface area contributed by atoms with Gasteiger partial charge in [-0.25, -0.2) is 4.79 Å². The largest absolute Gasteiger partial charge is 0.478 e. The molecule has 3 unspecified atom stereocenters. The van der Waals surface area contributed by atoms with E-state index in [-0.39, 0.29) is 18.0 Å². The Hall–Kier alpha value is -1.96. The maximum absolute atomic E-state index is 11.6. The number of hydrogen-bond acceptors (Lipinski definition) is 5. The normalized spacial score (nSPS) is 14.6. The van der Waals surface area contributed by atoms with E-state index >= 15 is 0 Å². The second-order valence-corrected chi connectivity index (χ2v) is 6.23. The molecule has 1 aromatic carbocycles. The van der Waals surface area contributed by atoms with Gasteiger partial charge in [0.25, 0.3) is 0 Å². The van der Waals surface area contributed by atoms with Crippen LogP contribution < -0.4 is 0 Å². The first-order chi connectivity index (χ1) is 11.4. The molecule has 0 amide bonds. The van der Waals surface area contributed by atoms with Crippen LogP contribution in [0, 0.1) is 34.5 Å². The fourth-order valence-electron chi connectivity index (χ4n) is 2.07. The van der Waals surface area contributed by atoms with Gasteiger partial charge in [-0.05, 0) is 37.1 Å².